The zero-order valence-electron chi connectivity index (χ0n) is 15.1. The van der Waals surface area contributed by atoms with Gasteiger partial charge in [0.05, 0.1) is 17.2 Å². The van der Waals surface area contributed by atoms with Gasteiger partial charge in [0.25, 0.3) is 5.91 Å². The number of thioether (sulfide) groups is 1. The zero-order chi connectivity index (χ0) is 19.5. The molecule has 140 valence electrons. The van der Waals surface area contributed by atoms with Crippen molar-refractivity contribution in [3.05, 3.63) is 75.6 Å². The molecular formula is C22H17BrN2O2S. The monoisotopic (exact) mass is 452 g/mol. The SMILES string of the molecule is CCOc1ccc2ccccc2c1C=C1SC(=Nc2ccc(Br)cc2)NC1=O. The van der Waals surface area contributed by atoms with Crippen LogP contribution >= 0.6 is 27.7 Å². The van der Waals surface area contributed by atoms with Crippen molar-refractivity contribution in [2.24, 2.45) is 4.99 Å². The van der Waals surface area contributed by atoms with Crippen molar-refractivity contribution < 1.29 is 9.53 Å². The quantitative estimate of drug-likeness (QED) is 0.501. The second-order valence-corrected chi connectivity index (χ2v) is 8.04. The number of amidine groups is 1. The van der Waals surface area contributed by atoms with Crippen LogP contribution in [0.5, 0.6) is 5.75 Å². The number of nitrogens with one attached hydrogen (secondary N) is 1. The summed E-state index contributed by atoms with van der Waals surface area (Å²) in [4.78, 5) is 17.6. The van der Waals surface area contributed by atoms with Gasteiger partial charge in [-0.3, -0.25) is 4.79 Å². The molecular weight excluding hydrogens is 436 g/mol. The summed E-state index contributed by atoms with van der Waals surface area (Å²) in [5, 5.41) is 5.56. The van der Waals surface area contributed by atoms with Gasteiger partial charge in [0.2, 0.25) is 0 Å². The Bertz CT molecular complexity index is 1110. The number of hydrogen-bond donors (Lipinski definition) is 1. The largest absolute Gasteiger partial charge is 0.493 e. The Labute approximate surface area is 175 Å². The van der Waals surface area contributed by atoms with E-state index in [0.29, 0.717) is 16.7 Å². The van der Waals surface area contributed by atoms with Gasteiger partial charge in [-0.05, 0) is 65.9 Å². The molecule has 1 aliphatic rings. The molecule has 0 unspecified atom stereocenters. The highest BCUT2D eigenvalue weighted by Gasteiger charge is 2.24. The molecule has 1 saturated heterocycles. The van der Waals surface area contributed by atoms with Crippen LogP contribution in [-0.4, -0.2) is 17.7 Å². The number of aliphatic imine (C=N–C) groups is 1. The van der Waals surface area contributed by atoms with Gasteiger partial charge in [-0.25, -0.2) is 4.99 Å². The molecule has 0 bridgehead atoms. The Morgan fingerprint density at radius 2 is 1.89 bits per heavy atom. The van der Waals surface area contributed by atoms with Crippen molar-refractivity contribution in [1.82, 2.24) is 5.32 Å². The van der Waals surface area contributed by atoms with Gasteiger partial charge >= 0.3 is 0 Å². The van der Waals surface area contributed by atoms with Gasteiger partial charge in [0.1, 0.15) is 5.75 Å². The van der Waals surface area contributed by atoms with Crippen molar-refractivity contribution in [3.8, 4) is 5.75 Å². The number of rotatable bonds is 4. The summed E-state index contributed by atoms with van der Waals surface area (Å²) in [6.07, 6.45) is 1.89. The first kappa shape index (κ1) is 18.8. The molecule has 0 radical (unpaired) electrons. The minimum atomic E-state index is -0.156. The van der Waals surface area contributed by atoms with E-state index in [1.165, 1.54) is 11.8 Å². The molecule has 4 nitrogen and oxygen atoms in total. The van der Waals surface area contributed by atoms with Crippen molar-refractivity contribution in [2.75, 3.05) is 6.61 Å². The van der Waals surface area contributed by atoms with Gasteiger partial charge in [0.15, 0.2) is 5.17 Å². The molecule has 6 heteroatoms. The van der Waals surface area contributed by atoms with Crippen molar-refractivity contribution in [3.63, 3.8) is 0 Å². The molecule has 0 aliphatic carbocycles. The highest BCUT2D eigenvalue weighted by atomic mass is 79.9. The maximum Gasteiger partial charge on any atom is 0.264 e. The van der Waals surface area contributed by atoms with Crippen LogP contribution in [0.3, 0.4) is 0 Å². The third kappa shape index (κ3) is 3.98. The van der Waals surface area contributed by atoms with Crippen LogP contribution in [0.1, 0.15) is 12.5 Å². The smallest absolute Gasteiger partial charge is 0.264 e. The number of carbonyl (C=O) groups is 1. The van der Waals surface area contributed by atoms with Crippen LogP contribution in [0.15, 0.2) is 75.0 Å². The first-order valence-corrected chi connectivity index (χ1v) is 10.4. The van der Waals surface area contributed by atoms with Crippen LogP contribution in [0.4, 0.5) is 5.69 Å². The van der Waals surface area contributed by atoms with Gasteiger partial charge in [-0.2, -0.15) is 0 Å². The number of carbonyl (C=O) groups excluding carboxylic acids is 1. The van der Waals surface area contributed by atoms with Crippen LogP contribution < -0.4 is 10.1 Å². The number of hydrogen-bond acceptors (Lipinski definition) is 4. The fraction of sp³-hybridized carbons (Fsp3) is 0.0909. The van der Waals surface area contributed by atoms with Gasteiger partial charge in [-0.15, -0.1) is 0 Å². The Morgan fingerprint density at radius 1 is 1.11 bits per heavy atom. The predicted octanol–water partition coefficient (Wildman–Crippen LogP) is 5.89. The first-order chi connectivity index (χ1) is 13.6. The minimum absolute atomic E-state index is 0.156. The van der Waals surface area contributed by atoms with Gasteiger partial charge in [-0.1, -0.05) is 46.3 Å². The van der Waals surface area contributed by atoms with Crippen molar-refractivity contribution in [1.29, 1.82) is 0 Å². The maximum atomic E-state index is 12.5. The summed E-state index contributed by atoms with van der Waals surface area (Å²) in [6.45, 7) is 2.51. The molecule has 3 aromatic carbocycles. The summed E-state index contributed by atoms with van der Waals surface area (Å²) in [7, 11) is 0. The maximum absolute atomic E-state index is 12.5. The number of amides is 1. The summed E-state index contributed by atoms with van der Waals surface area (Å²) in [6, 6.07) is 19.7. The van der Waals surface area contributed by atoms with Crippen LogP contribution in [-0.2, 0) is 4.79 Å². The van der Waals surface area contributed by atoms with E-state index in [9.17, 15) is 4.79 Å². The topological polar surface area (TPSA) is 50.7 Å². The van der Waals surface area contributed by atoms with Crippen LogP contribution in [0.2, 0.25) is 0 Å². The molecule has 3 aromatic rings. The van der Waals surface area contributed by atoms with E-state index >= 15 is 0 Å². The molecule has 1 heterocycles. The fourth-order valence-electron chi connectivity index (χ4n) is 2.95. The van der Waals surface area contributed by atoms with E-state index in [0.717, 1.165) is 32.2 Å². The second kappa shape index (κ2) is 8.20. The predicted molar refractivity (Wildman–Crippen MR) is 120 cm³/mol. The molecule has 0 spiro atoms. The van der Waals surface area contributed by atoms with E-state index in [2.05, 4.69) is 32.3 Å². The molecule has 28 heavy (non-hydrogen) atoms. The van der Waals surface area contributed by atoms with E-state index in [1.54, 1.807) is 0 Å². The van der Waals surface area contributed by atoms with E-state index in [-0.39, 0.29) is 5.91 Å². The van der Waals surface area contributed by atoms with E-state index in [4.69, 9.17) is 4.74 Å². The van der Waals surface area contributed by atoms with Crippen LogP contribution in [0.25, 0.3) is 16.8 Å². The van der Waals surface area contributed by atoms with Gasteiger partial charge < -0.3 is 10.1 Å². The Hall–Kier alpha value is -2.57. The molecule has 1 fully saturated rings. The number of halogens is 1. The number of fused-ring (bicyclic) bond motifs is 1. The summed E-state index contributed by atoms with van der Waals surface area (Å²) in [5.41, 5.74) is 1.69. The summed E-state index contributed by atoms with van der Waals surface area (Å²) < 4.78 is 6.79. The van der Waals surface area contributed by atoms with Crippen LogP contribution in [0, 0.1) is 0 Å². The average molecular weight is 453 g/mol. The Balaban J connectivity index is 1.72. The van der Waals surface area contributed by atoms with E-state index in [1.807, 2.05) is 67.6 Å². The van der Waals surface area contributed by atoms with E-state index < -0.39 is 0 Å². The summed E-state index contributed by atoms with van der Waals surface area (Å²) in [5.74, 6) is 0.608. The number of ether oxygens (including phenoxy) is 1. The molecule has 1 N–H and O–H groups in total. The fourth-order valence-corrected chi connectivity index (χ4v) is 4.04. The van der Waals surface area contributed by atoms with Crippen molar-refractivity contribution >= 4 is 61.3 Å². The highest BCUT2D eigenvalue weighted by molar-refractivity contribution is 9.10. The molecule has 1 amide bonds. The molecule has 1 aliphatic heterocycles. The standard InChI is InChI=1S/C22H17BrN2O2S/c1-2-27-19-12-7-14-5-3-4-6-17(14)18(19)13-20-21(26)25-22(28-20)24-16-10-8-15(23)9-11-16/h3-13H,2H2,1H3,(H,24,25,26). The first-order valence-electron chi connectivity index (χ1n) is 8.84. The average Bonchev–Trinajstić information content (AvgIpc) is 3.04. The second-order valence-electron chi connectivity index (χ2n) is 6.09. The lowest BCUT2D eigenvalue weighted by atomic mass is 10.0. The normalized spacial score (nSPS) is 16.7. The number of nitrogens with zero attached hydrogens (tertiary/aromatic N) is 1. The molecule has 0 aromatic heterocycles. The minimum Gasteiger partial charge on any atom is -0.493 e. The Kier molecular flexibility index (Phi) is 5.50. The highest BCUT2D eigenvalue weighted by Crippen LogP contribution is 2.34. The lowest BCUT2D eigenvalue weighted by Crippen LogP contribution is -2.19. The van der Waals surface area contributed by atoms with Crippen molar-refractivity contribution in [2.45, 2.75) is 6.92 Å². The third-order valence-electron chi connectivity index (χ3n) is 4.21. The molecule has 0 atom stereocenters. The zero-order valence-corrected chi connectivity index (χ0v) is 17.5. The molecule has 0 saturated carbocycles. The number of benzene rings is 3. The summed E-state index contributed by atoms with van der Waals surface area (Å²) >= 11 is 4.74. The third-order valence-corrected chi connectivity index (χ3v) is 5.65. The lowest BCUT2D eigenvalue weighted by Gasteiger charge is -2.11. The molecule has 4 rings (SSSR count). The lowest BCUT2D eigenvalue weighted by molar-refractivity contribution is -0.115. The Morgan fingerprint density at radius 3 is 2.68 bits per heavy atom. The van der Waals surface area contributed by atoms with Gasteiger partial charge in [0, 0.05) is 10.0 Å².